The molecule has 2 heterocycles. The number of likely N-dealkylation sites (tertiary alicyclic amines) is 2. The van der Waals surface area contributed by atoms with Crippen molar-refractivity contribution in [1.29, 1.82) is 0 Å². The number of carbonyl (C=O) groups excluding carboxylic acids is 2. The minimum absolute atomic E-state index is 0.0687. The average molecular weight is 372 g/mol. The number of carboxylic acids is 1. The number of piperidine rings is 1. The quantitative estimate of drug-likeness (QED) is 0.778. The molecule has 0 unspecified atom stereocenters. The summed E-state index contributed by atoms with van der Waals surface area (Å²) < 4.78 is 0. The summed E-state index contributed by atoms with van der Waals surface area (Å²) in [5.74, 6) is -1.55. The lowest BCUT2D eigenvalue weighted by atomic mass is 9.77. The van der Waals surface area contributed by atoms with Crippen molar-refractivity contribution in [2.24, 2.45) is 5.92 Å². The van der Waals surface area contributed by atoms with Crippen molar-refractivity contribution in [2.45, 2.75) is 50.5 Å². The molecule has 0 aromatic heterocycles. The molecule has 0 aliphatic carbocycles. The molecule has 2 saturated heterocycles. The minimum Gasteiger partial charge on any atom is -0.481 e. The molecule has 6 nitrogen and oxygen atoms in total. The molecule has 27 heavy (non-hydrogen) atoms. The van der Waals surface area contributed by atoms with E-state index in [-0.39, 0.29) is 18.2 Å². The summed E-state index contributed by atoms with van der Waals surface area (Å²) in [5.41, 5.74) is 0.658. The largest absolute Gasteiger partial charge is 0.481 e. The van der Waals surface area contributed by atoms with E-state index in [1.165, 1.54) is 5.56 Å². The monoisotopic (exact) mass is 372 g/mol. The Kier molecular flexibility index (Phi) is 5.82. The summed E-state index contributed by atoms with van der Waals surface area (Å²) >= 11 is 0. The van der Waals surface area contributed by atoms with E-state index < -0.39 is 17.4 Å². The Morgan fingerprint density at radius 2 is 1.81 bits per heavy atom. The molecule has 2 aliphatic heterocycles. The number of carbonyl (C=O) groups is 3. The van der Waals surface area contributed by atoms with E-state index in [1.807, 2.05) is 23.1 Å². The molecule has 1 spiro atoms. The molecule has 2 fully saturated rings. The van der Waals surface area contributed by atoms with Gasteiger partial charge in [0, 0.05) is 33.0 Å². The molecule has 0 bridgehead atoms. The summed E-state index contributed by atoms with van der Waals surface area (Å²) in [7, 11) is 1.70. The third kappa shape index (κ3) is 3.99. The first-order valence-corrected chi connectivity index (χ1v) is 9.75. The van der Waals surface area contributed by atoms with E-state index in [9.17, 15) is 19.5 Å². The van der Waals surface area contributed by atoms with Gasteiger partial charge in [-0.1, -0.05) is 30.3 Å². The number of carboxylic acid groups (broad SMARTS) is 1. The highest BCUT2D eigenvalue weighted by molar-refractivity contribution is 5.88. The predicted molar refractivity (Wildman–Crippen MR) is 101 cm³/mol. The highest BCUT2D eigenvalue weighted by Crippen LogP contribution is 2.42. The lowest BCUT2D eigenvalue weighted by Gasteiger charge is -2.45. The van der Waals surface area contributed by atoms with E-state index in [2.05, 4.69) is 12.1 Å². The zero-order chi connectivity index (χ0) is 19.4. The molecule has 146 valence electrons. The molecular weight excluding hydrogens is 344 g/mol. The number of rotatable bonds is 6. The standard InChI is InChI=1S/C21H28N2O4/c1-22-19(25)15-17(20(26)27)21(22)11-13-23(14-12-21)18(24)10-6-5-9-16-7-3-2-4-8-16/h2-4,7-8,17H,5-6,9-15H2,1H3,(H,26,27)/t17-/m1/s1. The van der Waals surface area contributed by atoms with Crippen LogP contribution in [0.2, 0.25) is 0 Å². The highest BCUT2D eigenvalue weighted by Gasteiger charge is 2.55. The van der Waals surface area contributed by atoms with Gasteiger partial charge in [-0.05, 0) is 37.7 Å². The van der Waals surface area contributed by atoms with Gasteiger partial charge < -0.3 is 14.9 Å². The van der Waals surface area contributed by atoms with Crippen LogP contribution in [0.25, 0.3) is 0 Å². The number of unbranched alkanes of at least 4 members (excludes halogenated alkanes) is 1. The fourth-order valence-corrected chi connectivity index (χ4v) is 4.54. The second-order valence-corrected chi connectivity index (χ2v) is 7.72. The molecule has 0 radical (unpaired) electrons. The van der Waals surface area contributed by atoms with Gasteiger partial charge in [0.15, 0.2) is 0 Å². The van der Waals surface area contributed by atoms with Crippen LogP contribution in [0.3, 0.4) is 0 Å². The Balaban J connectivity index is 1.47. The summed E-state index contributed by atoms with van der Waals surface area (Å²) in [6, 6.07) is 10.3. The number of hydrogen-bond acceptors (Lipinski definition) is 3. The Morgan fingerprint density at radius 1 is 1.15 bits per heavy atom. The SMILES string of the molecule is CN1C(=O)C[C@H](C(=O)O)C12CCN(C(=O)CCCCc1ccccc1)CC2. The van der Waals surface area contributed by atoms with E-state index in [0.29, 0.717) is 32.4 Å². The summed E-state index contributed by atoms with van der Waals surface area (Å²) in [6.45, 7) is 1.05. The molecule has 1 N–H and O–H groups in total. The van der Waals surface area contributed by atoms with Crippen molar-refractivity contribution in [3.8, 4) is 0 Å². The van der Waals surface area contributed by atoms with Crippen LogP contribution >= 0.6 is 0 Å². The number of hydrogen-bond donors (Lipinski definition) is 1. The van der Waals surface area contributed by atoms with Gasteiger partial charge in [-0.15, -0.1) is 0 Å². The third-order valence-electron chi connectivity index (χ3n) is 6.30. The van der Waals surface area contributed by atoms with Crippen LogP contribution in [0.15, 0.2) is 30.3 Å². The van der Waals surface area contributed by atoms with Gasteiger partial charge in [0.2, 0.25) is 11.8 Å². The van der Waals surface area contributed by atoms with Gasteiger partial charge in [-0.3, -0.25) is 14.4 Å². The topological polar surface area (TPSA) is 77.9 Å². The van der Waals surface area contributed by atoms with Crippen LogP contribution in [0.5, 0.6) is 0 Å². The van der Waals surface area contributed by atoms with E-state index in [4.69, 9.17) is 0 Å². The smallest absolute Gasteiger partial charge is 0.309 e. The maximum Gasteiger partial charge on any atom is 0.309 e. The van der Waals surface area contributed by atoms with Gasteiger partial charge in [0.1, 0.15) is 0 Å². The first-order chi connectivity index (χ1) is 12.9. The van der Waals surface area contributed by atoms with Gasteiger partial charge in [0.05, 0.1) is 11.5 Å². The maximum atomic E-state index is 12.5. The van der Waals surface area contributed by atoms with Gasteiger partial charge in [-0.2, -0.15) is 0 Å². The highest BCUT2D eigenvalue weighted by atomic mass is 16.4. The number of nitrogens with zero attached hydrogens (tertiary/aromatic N) is 2. The van der Waals surface area contributed by atoms with Crippen molar-refractivity contribution < 1.29 is 19.5 Å². The number of aliphatic carboxylic acids is 1. The van der Waals surface area contributed by atoms with Crippen molar-refractivity contribution in [3.63, 3.8) is 0 Å². The lowest BCUT2D eigenvalue weighted by molar-refractivity contribution is -0.147. The molecule has 1 atom stereocenters. The second kappa shape index (κ2) is 8.11. The van der Waals surface area contributed by atoms with Crippen molar-refractivity contribution in [1.82, 2.24) is 9.80 Å². The molecular formula is C21H28N2O4. The van der Waals surface area contributed by atoms with Crippen LogP contribution in [0.1, 0.15) is 44.1 Å². The van der Waals surface area contributed by atoms with Crippen molar-refractivity contribution in [2.75, 3.05) is 20.1 Å². The molecule has 0 saturated carbocycles. The Morgan fingerprint density at radius 3 is 2.44 bits per heavy atom. The molecule has 2 aliphatic rings. The van der Waals surface area contributed by atoms with Crippen LogP contribution in [-0.2, 0) is 20.8 Å². The lowest BCUT2D eigenvalue weighted by Crippen LogP contribution is -2.56. The Bertz CT molecular complexity index is 695. The minimum atomic E-state index is -0.909. The summed E-state index contributed by atoms with van der Waals surface area (Å²) in [6.07, 6.45) is 4.49. The molecule has 1 aromatic carbocycles. The molecule has 2 amide bonds. The van der Waals surface area contributed by atoms with Crippen molar-refractivity contribution in [3.05, 3.63) is 35.9 Å². The first kappa shape index (κ1) is 19.4. The van der Waals surface area contributed by atoms with Crippen LogP contribution < -0.4 is 0 Å². The number of benzene rings is 1. The van der Waals surface area contributed by atoms with Crippen molar-refractivity contribution >= 4 is 17.8 Å². The van der Waals surface area contributed by atoms with Gasteiger partial charge in [0.25, 0.3) is 0 Å². The second-order valence-electron chi connectivity index (χ2n) is 7.72. The summed E-state index contributed by atoms with van der Waals surface area (Å²) in [4.78, 5) is 39.6. The molecule has 1 aromatic rings. The maximum absolute atomic E-state index is 12.5. The Hall–Kier alpha value is -2.37. The number of amides is 2. The fourth-order valence-electron chi connectivity index (χ4n) is 4.54. The summed E-state index contributed by atoms with van der Waals surface area (Å²) in [5, 5.41) is 9.52. The van der Waals surface area contributed by atoms with E-state index in [0.717, 1.165) is 19.3 Å². The molecule has 6 heteroatoms. The van der Waals surface area contributed by atoms with E-state index >= 15 is 0 Å². The van der Waals surface area contributed by atoms with Gasteiger partial charge in [-0.25, -0.2) is 0 Å². The third-order valence-corrected chi connectivity index (χ3v) is 6.30. The van der Waals surface area contributed by atoms with Gasteiger partial charge >= 0.3 is 5.97 Å². The Labute approximate surface area is 160 Å². The molecule has 3 rings (SSSR count). The fraction of sp³-hybridized carbons (Fsp3) is 0.571. The normalized spacial score (nSPS) is 21.7. The van der Waals surface area contributed by atoms with Crippen LogP contribution in [0, 0.1) is 5.92 Å². The van der Waals surface area contributed by atoms with E-state index in [1.54, 1.807) is 11.9 Å². The average Bonchev–Trinajstić information content (AvgIpc) is 2.92. The zero-order valence-electron chi connectivity index (χ0n) is 15.9. The number of aryl methyl sites for hydroxylation is 1. The predicted octanol–water partition coefficient (Wildman–Crippen LogP) is 2.32. The first-order valence-electron chi connectivity index (χ1n) is 9.75. The van der Waals surface area contributed by atoms with Crippen LogP contribution in [0.4, 0.5) is 0 Å². The van der Waals surface area contributed by atoms with Crippen LogP contribution in [-0.4, -0.2) is 58.4 Å². The zero-order valence-corrected chi connectivity index (χ0v) is 15.9.